The molecule has 3 rings (SSSR count). The molecular formula is C21H30F2N2O3. The topological polar surface area (TPSA) is 42.0 Å². The molecule has 2 aliphatic rings. The lowest BCUT2D eigenvalue weighted by Gasteiger charge is -2.34. The van der Waals surface area contributed by atoms with Crippen molar-refractivity contribution in [2.45, 2.75) is 57.1 Å². The van der Waals surface area contributed by atoms with Crippen molar-refractivity contribution in [3.63, 3.8) is 0 Å². The van der Waals surface area contributed by atoms with E-state index in [4.69, 9.17) is 9.47 Å². The summed E-state index contributed by atoms with van der Waals surface area (Å²) in [6.07, 6.45) is 6.85. The summed E-state index contributed by atoms with van der Waals surface area (Å²) < 4.78 is 37.4. The highest BCUT2D eigenvalue weighted by Crippen LogP contribution is 2.26. The number of likely N-dealkylation sites (tertiary alicyclic amines) is 1. The number of rotatable bonds is 8. The molecule has 0 N–H and O–H groups in total. The summed E-state index contributed by atoms with van der Waals surface area (Å²) in [7, 11) is 1.68. The molecule has 0 radical (unpaired) electrons. The zero-order chi connectivity index (χ0) is 19.9. The van der Waals surface area contributed by atoms with Crippen LogP contribution in [0.25, 0.3) is 0 Å². The van der Waals surface area contributed by atoms with Gasteiger partial charge >= 0.3 is 6.09 Å². The minimum Gasteiger partial charge on any atom is -0.410 e. The Morgan fingerprint density at radius 1 is 1.14 bits per heavy atom. The number of carbonyl (C=O) groups is 1. The Morgan fingerprint density at radius 2 is 1.89 bits per heavy atom. The van der Waals surface area contributed by atoms with E-state index >= 15 is 0 Å². The molecule has 1 aromatic rings. The minimum atomic E-state index is -1.03. The normalized spacial score (nSPS) is 22.5. The van der Waals surface area contributed by atoms with E-state index in [1.54, 1.807) is 11.9 Å². The van der Waals surface area contributed by atoms with Crippen molar-refractivity contribution in [2.24, 2.45) is 0 Å². The summed E-state index contributed by atoms with van der Waals surface area (Å²) in [6.45, 7) is 4.48. The molecule has 28 heavy (non-hydrogen) atoms. The molecule has 156 valence electrons. The van der Waals surface area contributed by atoms with Crippen LogP contribution in [0, 0.1) is 11.6 Å². The summed E-state index contributed by atoms with van der Waals surface area (Å²) in [5.74, 6) is -1.99. The molecule has 1 aliphatic carbocycles. The van der Waals surface area contributed by atoms with E-state index in [0.29, 0.717) is 0 Å². The van der Waals surface area contributed by atoms with Gasteiger partial charge in [0.1, 0.15) is 5.75 Å². The van der Waals surface area contributed by atoms with Crippen LogP contribution in [0.2, 0.25) is 0 Å². The Balaban J connectivity index is 1.32. The van der Waals surface area contributed by atoms with Crippen LogP contribution in [0.15, 0.2) is 18.2 Å². The Labute approximate surface area is 165 Å². The first-order chi connectivity index (χ1) is 13.5. The number of halogens is 2. The van der Waals surface area contributed by atoms with Gasteiger partial charge in [-0.1, -0.05) is 0 Å². The van der Waals surface area contributed by atoms with Crippen LogP contribution in [-0.2, 0) is 4.74 Å². The maximum absolute atomic E-state index is 13.2. The van der Waals surface area contributed by atoms with Gasteiger partial charge in [-0.2, -0.15) is 0 Å². The molecule has 1 saturated carbocycles. The van der Waals surface area contributed by atoms with Gasteiger partial charge in [0.05, 0.1) is 6.10 Å². The van der Waals surface area contributed by atoms with Gasteiger partial charge in [0.25, 0.3) is 0 Å². The second-order valence-corrected chi connectivity index (χ2v) is 7.76. The van der Waals surface area contributed by atoms with Gasteiger partial charge in [0, 0.05) is 25.8 Å². The Hall–Kier alpha value is -1.73. The number of carbonyl (C=O) groups excluding carboxylic acids is 1. The van der Waals surface area contributed by atoms with E-state index in [9.17, 15) is 13.6 Å². The van der Waals surface area contributed by atoms with E-state index in [2.05, 4.69) is 4.90 Å². The monoisotopic (exact) mass is 396 g/mol. The molecule has 1 saturated heterocycles. The fraction of sp³-hybridized carbons (Fsp3) is 0.667. The first-order valence-corrected chi connectivity index (χ1v) is 10.3. The molecule has 1 amide bonds. The fourth-order valence-electron chi connectivity index (χ4n) is 3.75. The molecule has 7 heteroatoms. The van der Waals surface area contributed by atoms with Crippen molar-refractivity contribution in [1.29, 1.82) is 0 Å². The SMILES string of the molecule is CN(C(=O)Oc1ccc(F)c(F)c1)[C@H]1CC[C@H](OCCCCN2CCC2)CC1. The highest BCUT2D eigenvalue weighted by atomic mass is 19.2. The Morgan fingerprint density at radius 3 is 2.54 bits per heavy atom. The average molecular weight is 396 g/mol. The lowest BCUT2D eigenvalue weighted by molar-refractivity contribution is 0.00942. The molecule has 5 nitrogen and oxygen atoms in total. The smallest absolute Gasteiger partial charge is 0.410 e. The number of ether oxygens (including phenoxy) is 2. The van der Waals surface area contributed by atoms with Gasteiger partial charge in [-0.05, 0) is 76.7 Å². The first-order valence-electron chi connectivity index (χ1n) is 10.3. The molecule has 1 aromatic carbocycles. The van der Waals surface area contributed by atoms with Gasteiger partial charge in [-0.15, -0.1) is 0 Å². The summed E-state index contributed by atoms with van der Waals surface area (Å²) in [5.41, 5.74) is 0. The first kappa shape index (κ1) is 21.0. The summed E-state index contributed by atoms with van der Waals surface area (Å²) >= 11 is 0. The van der Waals surface area contributed by atoms with Gasteiger partial charge < -0.3 is 19.3 Å². The van der Waals surface area contributed by atoms with Crippen LogP contribution in [-0.4, -0.2) is 61.3 Å². The number of hydrogen-bond donors (Lipinski definition) is 0. The van der Waals surface area contributed by atoms with E-state index in [0.717, 1.165) is 50.8 Å². The zero-order valence-electron chi connectivity index (χ0n) is 16.5. The van der Waals surface area contributed by atoms with Gasteiger partial charge in [0.15, 0.2) is 11.6 Å². The van der Waals surface area contributed by atoms with Crippen LogP contribution in [0.4, 0.5) is 13.6 Å². The van der Waals surface area contributed by atoms with E-state index in [-0.39, 0.29) is 17.9 Å². The van der Waals surface area contributed by atoms with Crippen molar-refractivity contribution in [1.82, 2.24) is 9.80 Å². The van der Waals surface area contributed by atoms with Gasteiger partial charge in [0.2, 0.25) is 0 Å². The quantitative estimate of drug-likeness (QED) is 0.618. The number of unbranched alkanes of at least 4 members (excludes halogenated alkanes) is 1. The molecule has 1 aliphatic heterocycles. The molecule has 2 fully saturated rings. The standard InChI is InChI=1S/C21H30F2N2O3/c1-24(21(26)28-18-9-10-19(22)20(23)15-18)16-5-7-17(8-6-16)27-14-3-2-11-25-12-4-13-25/h9-10,15-17H,2-8,11-14H2,1H3/t16-,17-. The van der Waals surface area contributed by atoms with E-state index in [1.165, 1.54) is 38.5 Å². The molecule has 0 bridgehead atoms. The Bertz CT molecular complexity index is 647. The second kappa shape index (κ2) is 10.2. The third-order valence-corrected chi connectivity index (χ3v) is 5.75. The maximum atomic E-state index is 13.2. The molecular weight excluding hydrogens is 366 g/mol. The lowest BCUT2D eigenvalue weighted by atomic mass is 9.92. The predicted octanol–water partition coefficient (Wildman–Crippen LogP) is 4.21. The second-order valence-electron chi connectivity index (χ2n) is 7.76. The van der Waals surface area contributed by atoms with Gasteiger partial charge in [-0.25, -0.2) is 13.6 Å². The number of benzene rings is 1. The zero-order valence-corrected chi connectivity index (χ0v) is 16.5. The van der Waals surface area contributed by atoms with Crippen molar-refractivity contribution in [2.75, 3.05) is 33.3 Å². The molecule has 1 heterocycles. The van der Waals surface area contributed by atoms with Crippen LogP contribution in [0.5, 0.6) is 5.75 Å². The largest absolute Gasteiger partial charge is 0.415 e. The van der Waals surface area contributed by atoms with Crippen molar-refractivity contribution >= 4 is 6.09 Å². The van der Waals surface area contributed by atoms with E-state index in [1.807, 2.05) is 0 Å². The average Bonchev–Trinajstić information content (AvgIpc) is 2.66. The highest BCUT2D eigenvalue weighted by molar-refractivity contribution is 5.70. The maximum Gasteiger partial charge on any atom is 0.415 e. The van der Waals surface area contributed by atoms with Crippen LogP contribution < -0.4 is 4.74 Å². The predicted molar refractivity (Wildman–Crippen MR) is 102 cm³/mol. The minimum absolute atomic E-state index is 0.00555. The van der Waals surface area contributed by atoms with E-state index < -0.39 is 17.7 Å². The summed E-state index contributed by atoms with van der Waals surface area (Å²) in [5, 5.41) is 0. The van der Waals surface area contributed by atoms with Crippen molar-refractivity contribution < 1.29 is 23.0 Å². The van der Waals surface area contributed by atoms with Crippen molar-refractivity contribution in [3.05, 3.63) is 29.8 Å². The van der Waals surface area contributed by atoms with Crippen molar-refractivity contribution in [3.8, 4) is 5.75 Å². The summed E-state index contributed by atoms with van der Waals surface area (Å²) in [4.78, 5) is 16.3. The van der Waals surface area contributed by atoms with Crippen LogP contribution >= 0.6 is 0 Å². The molecule has 0 atom stereocenters. The number of nitrogens with zero attached hydrogens (tertiary/aromatic N) is 2. The Kier molecular flexibility index (Phi) is 7.62. The lowest BCUT2D eigenvalue weighted by Crippen LogP contribution is -2.42. The number of amides is 1. The number of hydrogen-bond acceptors (Lipinski definition) is 4. The molecule has 0 aromatic heterocycles. The van der Waals surface area contributed by atoms with Crippen LogP contribution in [0.1, 0.15) is 44.9 Å². The third kappa shape index (κ3) is 5.88. The molecule has 0 spiro atoms. The third-order valence-electron chi connectivity index (χ3n) is 5.75. The molecule has 0 unspecified atom stereocenters. The fourth-order valence-corrected chi connectivity index (χ4v) is 3.75. The van der Waals surface area contributed by atoms with Gasteiger partial charge in [-0.3, -0.25) is 0 Å². The summed E-state index contributed by atoms with van der Waals surface area (Å²) in [6, 6.07) is 3.15. The highest BCUT2D eigenvalue weighted by Gasteiger charge is 2.28. The van der Waals surface area contributed by atoms with Crippen LogP contribution in [0.3, 0.4) is 0 Å².